The zero-order chi connectivity index (χ0) is 27.3. The van der Waals surface area contributed by atoms with Gasteiger partial charge in [0, 0.05) is 0 Å². The molecule has 4 aliphatic rings. The third-order valence-corrected chi connectivity index (χ3v) is 13.2. The van der Waals surface area contributed by atoms with Gasteiger partial charge in [0.15, 0.2) is 0 Å². The molecule has 0 bridgehead atoms. The van der Waals surface area contributed by atoms with Crippen LogP contribution in [0.3, 0.4) is 0 Å². The molecule has 0 amide bonds. The predicted molar refractivity (Wildman–Crippen MR) is 156 cm³/mol. The van der Waals surface area contributed by atoms with Gasteiger partial charge in [-0.1, -0.05) is 83.2 Å². The zero-order valence-electron chi connectivity index (χ0n) is 24.8. The van der Waals surface area contributed by atoms with Gasteiger partial charge in [-0.15, -0.1) is 0 Å². The lowest BCUT2D eigenvalue weighted by Crippen LogP contribution is -2.51. The van der Waals surface area contributed by atoms with Crippen molar-refractivity contribution in [2.75, 3.05) is 0 Å². The maximum atomic E-state index is 13.0. The Kier molecular flexibility index (Phi) is 7.99. The third kappa shape index (κ3) is 5.18. The van der Waals surface area contributed by atoms with Gasteiger partial charge < -0.3 is 0 Å². The normalized spacial score (nSPS) is 37.8. The lowest BCUT2D eigenvalue weighted by Gasteiger charge is -2.58. The van der Waals surface area contributed by atoms with Crippen LogP contribution in [0.25, 0.3) is 0 Å². The van der Waals surface area contributed by atoms with Crippen LogP contribution in [-0.4, -0.2) is 14.5 Å². The molecule has 38 heavy (non-hydrogen) atoms. The Hall–Kier alpha value is -1.13. The summed E-state index contributed by atoms with van der Waals surface area (Å²) in [5.74, 6) is 4.93. The monoisotopic (exact) mass is 540 g/mol. The molecule has 0 saturated heterocycles. The first-order chi connectivity index (χ1) is 17.9. The Labute approximate surface area is 233 Å². The molecule has 3 saturated carbocycles. The number of hydrogen-bond donors (Lipinski definition) is 0. The smallest absolute Gasteiger partial charge is 0.263 e. The van der Waals surface area contributed by atoms with Crippen LogP contribution < -0.4 is 0 Å². The van der Waals surface area contributed by atoms with Gasteiger partial charge in [-0.3, -0.25) is 4.18 Å². The van der Waals surface area contributed by atoms with Crippen molar-refractivity contribution in [3.05, 3.63) is 41.5 Å². The molecule has 4 heteroatoms. The minimum Gasteiger partial charge on any atom is -0.263 e. The highest BCUT2D eigenvalue weighted by atomic mass is 32.2. The Morgan fingerprint density at radius 1 is 0.947 bits per heavy atom. The first kappa shape index (κ1) is 28.4. The summed E-state index contributed by atoms with van der Waals surface area (Å²) < 4.78 is 31.8. The average molecular weight is 541 g/mol. The molecule has 0 unspecified atom stereocenters. The number of aryl methyl sites for hydroxylation is 1. The summed E-state index contributed by atoms with van der Waals surface area (Å²) in [6.45, 7) is 14.4. The molecule has 0 heterocycles. The van der Waals surface area contributed by atoms with Gasteiger partial charge in [-0.25, -0.2) is 0 Å². The molecule has 0 radical (unpaired) electrons. The van der Waals surface area contributed by atoms with Crippen molar-refractivity contribution in [1.82, 2.24) is 0 Å². The average Bonchev–Trinajstić information content (AvgIpc) is 3.21. The molecule has 212 valence electrons. The first-order valence-electron chi connectivity index (χ1n) is 15.6. The highest BCUT2D eigenvalue weighted by Gasteiger charge is 2.59. The van der Waals surface area contributed by atoms with E-state index in [-0.39, 0.29) is 16.4 Å². The first-order valence-corrected chi connectivity index (χ1v) is 17.0. The van der Waals surface area contributed by atoms with Crippen LogP contribution in [0.1, 0.15) is 111 Å². The maximum Gasteiger partial charge on any atom is 0.297 e. The van der Waals surface area contributed by atoms with Crippen molar-refractivity contribution >= 4 is 10.1 Å². The van der Waals surface area contributed by atoms with Gasteiger partial charge in [0.1, 0.15) is 0 Å². The molecular formula is C34H52O3S. The van der Waals surface area contributed by atoms with Gasteiger partial charge in [0.25, 0.3) is 10.1 Å². The van der Waals surface area contributed by atoms with Crippen molar-refractivity contribution in [2.45, 2.75) is 123 Å². The molecule has 0 spiro atoms. The van der Waals surface area contributed by atoms with Crippen LogP contribution in [0.5, 0.6) is 0 Å². The van der Waals surface area contributed by atoms with Crippen LogP contribution in [-0.2, 0) is 14.3 Å². The highest BCUT2D eigenvalue weighted by Crippen LogP contribution is 2.67. The van der Waals surface area contributed by atoms with Gasteiger partial charge in [0.2, 0.25) is 0 Å². The van der Waals surface area contributed by atoms with E-state index >= 15 is 0 Å². The van der Waals surface area contributed by atoms with Crippen LogP contribution in [0.4, 0.5) is 0 Å². The van der Waals surface area contributed by atoms with Crippen molar-refractivity contribution < 1.29 is 12.6 Å². The molecule has 0 aliphatic heterocycles. The number of allylic oxidation sites excluding steroid dienone is 1. The lowest BCUT2D eigenvalue weighted by atomic mass is 9.47. The van der Waals surface area contributed by atoms with Gasteiger partial charge in [0.05, 0.1) is 11.0 Å². The highest BCUT2D eigenvalue weighted by molar-refractivity contribution is 7.86. The topological polar surface area (TPSA) is 43.4 Å². The van der Waals surface area contributed by atoms with E-state index in [1.54, 1.807) is 12.1 Å². The molecule has 1 aromatic rings. The van der Waals surface area contributed by atoms with Crippen LogP contribution in [0, 0.1) is 53.3 Å². The van der Waals surface area contributed by atoms with Crippen molar-refractivity contribution in [3.63, 3.8) is 0 Å². The quantitative estimate of drug-likeness (QED) is 0.244. The summed E-state index contributed by atoms with van der Waals surface area (Å²) in [5.41, 5.74) is 3.24. The number of rotatable bonds is 8. The summed E-state index contributed by atoms with van der Waals surface area (Å²) in [7, 11) is -3.73. The van der Waals surface area contributed by atoms with Crippen LogP contribution in [0.2, 0.25) is 0 Å². The van der Waals surface area contributed by atoms with Gasteiger partial charge >= 0.3 is 0 Å². The summed E-state index contributed by atoms with van der Waals surface area (Å²) in [6.07, 6.45) is 15.8. The Balaban J connectivity index is 1.27. The number of hydrogen-bond acceptors (Lipinski definition) is 3. The minimum atomic E-state index is -3.73. The summed E-state index contributed by atoms with van der Waals surface area (Å²) >= 11 is 0. The van der Waals surface area contributed by atoms with Crippen LogP contribution >= 0.6 is 0 Å². The van der Waals surface area contributed by atoms with E-state index in [0.29, 0.717) is 5.41 Å². The Morgan fingerprint density at radius 3 is 2.39 bits per heavy atom. The predicted octanol–water partition coefficient (Wildman–Crippen LogP) is 9.11. The van der Waals surface area contributed by atoms with Gasteiger partial charge in [-0.2, -0.15) is 8.42 Å². The fraction of sp³-hybridized carbons (Fsp3) is 0.765. The summed E-state index contributed by atoms with van der Waals surface area (Å²) in [6, 6.07) is 7.02. The standard InChI is InChI=1S/C34H52O3S/c1-23(2)8-7-9-25(4)30-16-17-31-29-15-12-26-22-27(37-38(35,36)28-13-10-24(3)11-14-28)18-20-33(26,5)32(29)19-21-34(30,31)6/h10-14,23,25,27,29-32H,7-9,15-22H2,1-6H3/t25-,27+,29-,30+,31-,32-,33+,34-/m1/s1. The molecule has 0 N–H and O–H groups in total. The van der Waals surface area contributed by atoms with E-state index in [0.717, 1.165) is 60.3 Å². The van der Waals surface area contributed by atoms with E-state index in [9.17, 15) is 8.42 Å². The third-order valence-electron chi connectivity index (χ3n) is 11.8. The summed E-state index contributed by atoms with van der Waals surface area (Å²) in [5, 5.41) is 0. The second-order valence-electron chi connectivity index (χ2n) is 14.5. The molecular weight excluding hydrogens is 488 g/mol. The van der Waals surface area contributed by atoms with E-state index in [1.165, 1.54) is 56.9 Å². The van der Waals surface area contributed by atoms with Crippen LogP contribution in [0.15, 0.2) is 40.8 Å². The molecule has 1 aromatic carbocycles. The molecule has 0 aromatic heterocycles. The lowest BCUT2D eigenvalue weighted by molar-refractivity contribution is -0.0556. The SMILES string of the molecule is Cc1ccc(S(=O)(=O)O[C@H]2CC[C@@]3(C)C(=CC[C@@H]4[C@H]5CC[C@@H]([C@H](C)CCCC(C)C)[C@@]5(C)CC[C@H]43)C2)cc1. The number of fused-ring (bicyclic) bond motifs is 5. The zero-order valence-corrected chi connectivity index (χ0v) is 25.7. The largest absolute Gasteiger partial charge is 0.297 e. The number of benzene rings is 1. The van der Waals surface area contributed by atoms with E-state index in [4.69, 9.17) is 4.18 Å². The molecule has 8 atom stereocenters. The van der Waals surface area contributed by atoms with Crippen molar-refractivity contribution in [1.29, 1.82) is 0 Å². The second-order valence-corrected chi connectivity index (χ2v) is 16.1. The molecule has 5 rings (SSSR count). The maximum absolute atomic E-state index is 13.0. The van der Waals surface area contributed by atoms with Gasteiger partial charge in [-0.05, 0) is 117 Å². The second kappa shape index (κ2) is 10.7. The molecule has 3 fully saturated rings. The van der Waals surface area contributed by atoms with Crippen molar-refractivity contribution in [2.24, 2.45) is 46.3 Å². The van der Waals surface area contributed by atoms with E-state index < -0.39 is 10.1 Å². The summed E-state index contributed by atoms with van der Waals surface area (Å²) in [4.78, 5) is 0.273. The van der Waals surface area contributed by atoms with Crippen molar-refractivity contribution in [3.8, 4) is 0 Å². The minimum absolute atomic E-state index is 0.207. The Morgan fingerprint density at radius 2 is 1.68 bits per heavy atom. The Bertz CT molecular complexity index is 1120. The fourth-order valence-corrected chi connectivity index (χ4v) is 10.8. The van der Waals surface area contributed by atoms with E-state index in [2.05, 4.69) is 40.7 Å². The fourth-order valence-electron chi connectivity index (χ4n) is 9.67. The molecule has 4 aliphatic carbocycles. The van der Waals surface area contributed by atoms with E-state index in [1.807, 2.05) is 19.1 Å². The molecule has 3 nitrogen and oxygen atoms in total.